The van der Waals surface area contributed by atoms with E-state index in [0.717, 1.165) is 5.56 Å². The summed E-state index contributed by atoms with van der Waals surface area (Å²) in [7, 11) is 0. The number of hydrogen-bond acceptors (Lipinski definition) is 2. The lowest BCUT2D eigenvalue weighted by atomic mass is 10.1. The third kappa shape index (κ3) is 3.14. The van der Waals surface area contributed by atoms with Crippen LogP contribution < -0.4 is 0 Å². The Labute approximate surface area is 92.4 Å². The minimum absolute atomic E-state index is 0.0775. The van der Waals surface area contributed by atoms with E-state index in [1.54, 1.807) is 0 Å². The molecule has 2 nitrogen and oxygen atoms in total. The molecule has 1 rings (SSSR count). The maximum atomic E-state index is 11.5. The van der Waals surface area contributed by atoms with Gasteiger partial charge in [-0.15, -0.1) is 0 Å². The van der Waals surface area contributed by atoms with Gasteiger partial charge in [0.1, 0.15) is 4.83 Å². The van der Waals surface area contributed by atoms with Gasteiger partial charge in [0.05, 0.1) is 6.10 Å². The molecule has 76 valence electrons. The van der Waals surface area contributed by atoms with Crippen LogP contribution in [0.2, 0.25) is 0 Å². The number of hydrogen-bond donors (Lipinski definition) is 0. The number of benzene rings is 1. The summed E-state index contributed by atoms with van der Waals surface area (Å²) in [6.07, 6.45) is -0.0775. The van der Waals surface area contributed by atoms with E-state index in [2.05, 4.69) is 15.9 Å². The van der Waals surface area contributed by atoms with Gasteiger partial charge in [0.2, 0.25) is 0 Å². The molecule has 0 aliphatic carbocycles. The fourth-order valence-corrected chi connectivity index (χ4v) is 1.46. The molecule has 14 heavy (non-hydrogen) atoms. The Kier molecular flexibility index (Phi) is 4.14. The van der Waals surface area contributed by atoms with Gasteiger partial charge in [-0.25, -0.2) is 0 Å². The average molecular weight is 257 g/mol. The summed E-state index contributed by atoms with van der Waals surface area (Å²) in [4.78, 5) is 11.1. The molecule has 0 spiro atoms. The lowest BCUT2D eigenvalue weighted by Crippen LogP contribution is -2.15. The standard InChI is InChI=1S/C11H13BrO2/c1-8(2)14-11(13)10(12)9-6-4-3-5-7-9/h3-8,10H,1-2H3. The van der Waals surface area contributed by atoms with Gasteiger partial charge in [0.15, 0.2) is 0 Å². The van der Waals surface area contributed by atoms with Crippen molar-refractivity contribution in [1.82, 2.24) is 0 Å². The van der Waals surface area contributed by atoms with E-state index in [1.807, 2.05) is 44.2 Å². The molecule has 0 aromatic heterocycles. The molecule has 1 aromatic rings. The maximum Gasteiger partial charge on any atom is 0.324 e. The molecule has 0 heterocycles. The monoisotopic (exact) mass is 256 g/mol. The second-order valence-electron chi connectivity index (χ2n) is 3.26. The fourth-order valence-electron chi connectivity index (χ4n) is 1.05. The highest BCUT2D eigenvalue weighted by molar-refractivity contribution is 9.09. The van der Waals surface area contributed by atoms with Crippen molar-refractivity contribution in [2.24, 2.45) is 0 Å². The quantitative estimate of drug-likeness (QED) is 0.614. The number of ether oxygens (including phenoxy) is 1. The third-order valence-corrected chi connectivity index (χ3v) is 2.55. The Balaban J connectivity index is 2.66. The predicted octanol–water partition coefficient (Wildman–Crippen LogP) is 3.07. The number of carbonyl (C=O) groups excluding carboxylic acids is 1. The van der Waals surface area contributed by atoms with E-state index in [1.165, 1.54) is 0 Å². The Hall–Kier alpha value is -0.830. The summed E-state index contributed by atoms with van der Waals surface area (Å²) in [5.74, 6) is -0.244. The SMILES string of the molecule is CC(C)OC(=O)C(Br)c1ccccc1. The first-order valence-electron chi connectivity index (χ1n) is 4.50. The van der Waals surface area contributed by atoms with Gasteiger partial charge in [0.25, 0.3) is 0 Å². The zero-order valence-corrected chi connectivity index (χ0v) is 9.82. The summed E-state index contributed by atoms with van der Waals surface area (Å²) in [6, 6.07) is 9.48. The smallest absolute Gasteiger partial charge is 0.324 e. The summed E-state index contributed by atoms with van der Waals surface area (Å²) in [5.41, 5.74) is 0.915. The van der Waals surface area contributed by atoms with Crippen molar-refractivity contribution in [3.8, 4) is 0 Å². The first-order chi connectivity index (χ1) is 6.61. The Morgan fingerprint density at radius 2 is 1.86 bits per heavy atom. The highest BCUT2D eigenvalue weighted by Gasteiger charge is 2.18. The van der Waals surface area contributed by atoms with Crippen LogP contribution in [-0.2, 0) is 9.53 Å². The molecule has 1 atom stereocenters. The van der Waals surface area contributed by atoms with Crippen LogP contribution in [0, 0.1) is 0 Å². The van der Waals surface area contributed by atoms with E-state index >= 15 is 0 Å². The van der Waals surface area contributed by atoms with Crippen molar-refractivity contribution in [2.75, 3.05) is 0 Å². The highest BCUT2D eigenvalue weighted by atomic mass is 79.9. The minimum atomic E-state index is -0.369. The van der Waals surface area contributed by atoms with Gasteiger partial charge < -0.3 is 4.74 Å². The molecule has 0 N–H and O–H groups in total. The maximum absolute atomic E-state index is 11.5. The van der Waals surface area contributed by atoms with Crippen molar-refractivity contribution in [1.29, 1.82) is 0 Å². The van der Waals surface area contributed by atoms with Crippen molar-refractivity contribution < 1.29 is 9.53 Å². The molecule has 0 bridgehead atoms. The third-order valence-electron chi connectivity index (χ3n) is 1.65. The topological polar surface area (TPSA) is 26.3 Å². The number of halogens is 1. The van der Waals surface area contributed by atoms with Crippen LogP contribution in [0.5, 0.6) is 0 Å². The first-order valence-corrected chi connectivity index (χ1v) is 5.42. The molecule has 0 fully saturated rings. The molecule has 0 saturated heterocycles. The van der Waals surface area contributed by atoms with Crippen LogP contribution in [0.15, 0.2) is 30.3 Å². The Bertz CT molecular complexity index is 295. The zero-order chi connectivity index (χ0) is 10.6. The number of carbonyl (C=O) groups is 1. The summed E-state index contributed by atoms with van der Waals surface area (Å²) < 4.78 is 5.08. The Morgan fingerprint density at radius 1 is 1.29 bits per heavy atom. The first kappa shape index (κ1) is 11.2. The summed E-state index contributed by atoms with van der Waals surface area (Å²) in [6.45, 7) is 3.67. The molecule has 1 unspecified atom stereocenters. The van der Waals surface area contributed by atoms with Crippen LogP contribution in [0.3, 0.4) is 0 Å². The second-order valence-corrected chi connectivity index (χ2v) is 4.17. The molecule has 0 radical (unpaired) electrons. The Morgan fingerprint density at radius 3 is 2.36 bits per heavy atom. The van der Waals surface area contributed by atoms with Crippen LogP contribution >= 0.6 is 15.9 Å². The van der Waals surface area contributed by atoms with Crippen molar-refractivity contribution in [2.45, 2.75) is 24.8 Å². The van der Waals surface area contributed by atoms with Crippen molar-refractivity contribution in [3.05, 3.63) is 35.9 Å². The van der Waals surface area contributed by atoms with Crippen molar-refractivity contribution in [3.63, 3.8) is 0 Å². The van der Waals surface area contributed by atoms with E-state index in [4.69, 9.17) is 4.74 Å². The average Bonchev–Trinajstić information content (AvgIpc) is 2.17. The predicted molar refractivity (Wildman–Crippen MR) is 59.3 cm³/mol. The van der Waals surface area contributed by atoms with Gasteiger partial charge >= 0.3 is 5.97 Å². The van der Waals surface area contributed by atoms with Crippen LogP contribution in [0.1, 0.15) is 24.2 Å². The number of alkyl halides is 1. The van der Waals surface area contributed by atoms with Gasteiger partial charge in [-0.1, -0.05) is 46.3 Å². The molecule has 0 aliphatic heterocycles. The molecule has 1 aromatic carbocycles. The van der Waals surface area contributed by atoms with Gasteiger partial charge in [-0.05, 0) is 19.4 Å². The minimum Gasteiger partial charge on any atom is -0.462 e. The summed E-state index contributed by atoms with van der Waals surface area (Å²) >= 11 is 3.31. The zero-order valence-electron chi connectivity index (χ0n) is 8.24. The highest BCUT2D eigenvalue weighted by Crippen LogP contribution is 2.24. The van der Waals surface area contributed by atoms with Crippen LogP contribution in [0.4, 0.5) is 0 Å². The second kappa shape index (κ2) is 5.15. The molecule has 0 saturated carbocycles. The van der Waals surface area contributed by atoms with Crippen LogP contribution in [-0.4, -0.2) is 12.1 Å². The molecule has 0 amide bonds. The van der Waals surface area contributed by atoms with Crippen molar-refractivity contribution >= 4 is 21.9 Å². The number of esters is 1. The van der Waals surface area contributed by atoms with Crippen LogP contribution in [0.25, 0.3) is 0 Å². The molecule has 3 heteroatoms. The molecular formula is C11H13BrO2. The van der Waals surface area contributed by atoms with Gasteiger partial charge in [0, 0.05) is 0 Å². The largest absolute Gasteiger partial charge is 0.462 e. The van der Waals surface area contributed by atoms with E-state index in [-0.39, 0.29) is 16.9 Å². The lowest BCUT2D eigenvalue weighted by molar-refractivity contribution is -0.146. The summed E-state index contributed by atoms with van der Waals surface area (Å²) in [5, 5.41) is 0. The van der Waals surface area contributed by atoms with E-state index in [9.17, 15) is 4.79 Å². The molecule has 0 aliphatic rings. The normalized spacial score (nSPS) is 12.6. The van der Waals surface area contributed by atoms with E-state index in [0.29, 0.717) is 0 Å². The molecular weight excluding hydrogens is 244 g/mol. The fraction of sp³-hybridized carbons (Fsp3) is 0.364. The lowest BCUT2D eigenvalue weighted by Gasteiger charge is -2.12. The number of rotatable bonds is 3. The van der Waals surface area contributed by atoms with Gasteiger partial charge in [-0.2, -0.15) is 0 Å². The van der Waals surface area contributed by atoms with E-state index < -0.39 is 0 Å². The van der Waals surface area contributed by atoms with Gasteiger partial charge in [-0.3, -0.25) is 4.79 Å².